The molecule has 2 N–H and O–H groups in total. The fraction of sp³-hybridized carbons (Fsp3) is 0.571. The van der Waals surface area contributed by atoms with Crippen molar-refractivity contribution in [1.82, 2.24) is 10.6 Å². The normalized spacial score (nSPS) is 8.90. The van der Waals surface area contributed by atoms with Crippen molar-refractivity contribution in [2.75, 3.05) is 19.6 Å². The lowest BCUT2D eigenvalue weighted by atomic mass is 10.5. The molecule has 0 aliphatic heterocycles. The van der Waals surface area contributed by atoms with Gasteiger partial charge in [-0.3, -0.25) is 4.79 Å². The first kappa shape index (κ1) is 9.17. The van der Waals surface area contributed by atoms with Crippen LogP contribution in [0.4, 0.5) is 0 Å². The zero-order valence-electron chi connectivity index (χ0n) is 6.31. The number of hydrogen-bond acceptors (Lipinski definition) is 2. The summed E-state index contributed by atoms with van der Waals surface area (Å²) >= 11 is 0. The van der Waals surface area contributed by atoms with Gasteiger partial charge in [0.15, 0.2) is 0 Å². The molecular weight excluding hydrogens is 128 g/mol. The van der Waals surface area contributed by atoms with Crippen molar-refractivity contribution >= 4 is 5.91 Å². The van der Waals surface area contributed by atoms with E-state index >= 15 is 0 Å². The second-order valence-electron chi connectivity index (χ2n) is 1.85. The van der Waals surface area contributed by atoms with Crippen LogP contribution in [0.5, 0.6) is 0 Å². The zero-order valence-corrected chi connectivity index (χ0v) is 6.31. The highest BCUT2D eigenvalue weighted by atomic mass is 16.1. The second-order valence-corrected chi connectivity index (χ2v) is 1.85. The highest BCUT2D eigenvalue weighted by Crippen LogP contribution is 1.64. The van der Waals surface area contributed by atoms with Gasteiger partial charge in [0.05, 0.1) is 0 Å². The summed E-state index contributed by atoms with van der Waals surface area (Å²) in [6, 6.07) is 0. The molecule has 0 fully saturated rings. The Hall–Kier alpha value is -0.830. The van der Waals surface area contributed by atoms with Gasteiger partial charge in [0.2, 0.25) is 5.91 Å². The van der Waals surface area contributed by atoms with Crippen LogP contribution in [0.15, 0.2) is 12.7 Å². The number of nitrogens with one attached hydrogen (secondary N) is 2. The predicted molar refractivity (Wildman–Crippen MR) is 41.8 cm³/mol. The average Bonchev–Trinajstić information content (AvgIpc) is 1.98. The summed E-state index contributed by atoms with van der Waals surface area (Å²) in [7, 11) is 0. The molecule has 0 saturated carbocycles. The van der Waals surface area contributed by atoms with Gasteiger partial charge >= 0.3 is 0 Å². The van der Waals surface area contributed by atoms with Gasteiger partial charge in [-0.1, -0.05) is 13.5 Å². The van der Waals surface area contributed by atoms with Crippen molar-refractivity contribution in [3.8, 4) is 0 Å². The van der Waals surface area contributed by atoms with Crippen molar-refractivity contribution < 1.29 is 4.79 Å². The molecule has 0 bridgehead atoms. The molecule has 3 heteroatoms. The maximum atomic E-state index is 10.5. The van der Waals surface area contributed by atoms with Crippen LogP contribution in [-0.4, -0.2) is 25.5 Å². The van der Waals surface area contributed by atoms with E-state index in [4.69, 9.17) is 0 Å². The van der Waals surface area contributed by atoms with E-state index in [1.54, 1.807) is 0 Å². The molecule has 0 rings (SSSR count). The standard InChI is InChI=1S/C7H14N2O/c1-3-7(10)9-6-5-8-4-2/h3,8H,1,4-6H2,2H3,(H,9,10). The summed E-state index contributed by atoms with van der Waals surface area (Å²) in [5.41, 5.74) is 0. The number of likely N-dealkylation sites (N-methyl/N-ethyl adjacent to an activating group) is 1. The lowest BCUT2D eigenvalue weighted by molar-refractivity contribution is -0.116. The van der Waals surface area contributed by atoms with Gasteiger partial charge in [0.1, 0.15) is 0 Å². The number of carbonyl (C=O) groups is 1. The van der Waals surface area contributed by atoms with Gasteiger partial charge < -0.3 is 10.6 Å². The van der Waals surface area contributed by atoms with Crippen LogP contribution in [-0.2, 0) is 4.79 Å². The SMILES string of the molecule is C=CC(=O)NCCNCC. The minimum atomic E-state index is -0.113. The molecule has 0 radical (unpaired) electrons. The molecule has 0 aliphatic carbocycles. The third-order valence-electron chi connectivity index (χ3n) is 1.04. The van der Waals surface area contributed by atoms with Crippen LogP contribution in [0.2, 0.25) is 0 Å². The number of amides is 1. The lowest BCUT2D eigenvalue weighted by Crippen LogP contribution is -2.30. The molecule has 0 atom stereocenters. The topological polar surface area (TPSA) is 41.1 Å². The summed E-state index contributed by atoms with van der Waals surface area (Å²) in [4.78, 5) is 10.5. The van der Waals surface area contributed by atoms with Crippen LogP contribution in [0.3, 0.4) is 0 Å². The van der Waals surface area contributed by atoms with Crippen LogP contribution in [0.1, 0.15) is 6.92 Å². The summed E-state index contributed by atoms with van der Waals surface area (Å²) in [5, 5.41) is 5.73. The monoisotopic (exact) mass is 142 g/mol. The molecule has 0 heterocycles. The van der Waals surface area contributed by atoms with E-state index in [9.17, 15) is 4.79 Å². The van der Waals surface area contributed by atoms with Gasteiger partial charge in [-0.25, -0.2) is 0 Å². The maximum Gasteiger partial charge on any atom is 0.243 e. The van der Waals surface area contributed by atoms with E-state index in [1.807, 2.05) is 6.92 Å². The summed E-state index contributed by atoms with van der Waals surface area (Å²) in [5.74, 6) is -0.113. The molecule has 1 amide bonds. The van der Waals surface area contributed by atoms with E-state index in [0.717, 1.165) is 13.1 Å². The Balaban J connectivity index is 3.03. The largest absolute Gasteiger partial charge is 0.351 e. The van der Waals surface area contributed by atoms with Crippen molar-refractivity contribution in [1.29, 1.82) is 0 Å². The molecule has 3 nitrogen and oxygen atoms in total. The minimum Gasteiger partial charge on any atom is -0.351 e. The molecular formula is C7H14N2O. The summed E-state index contributed by atoms with van der Waals surface area (Å²) in [6.45, 7) is 7.77. The molecule has 0 unspecified atom stereocenters. The van der Waals surface area contributed by atoms with Crippen LogP contribution < -0.4 is 10.6 Å². The van der Waals surface area contributed by atoms with Gasteiger partial charge in [-0.15, -0.1) is 0 Å². The Labute approximate surface area is 61.5 Å². The highest BCUT2D eigenvalue weighted by Gasteiger charge is 1.89. The van der Waals surface area contributed by atoms with Crippen molar-refractivity contribution in [3.63, 3.8) is 0 Å². The Kier molecular flexibility index (Phi) is 5.77. The van der Waals surface area contributed by atoms with Crippen molar-refractivity contribution in [2.45, 2.75) is 6.92 Å². The quantitative estimate of drug-likeness (QED) is 0.415. The molecule has 0 aromatic rings. The van der Waals surface area contributed by atoms with Crippen LogP contribution >= 0.6 is 0 Å². The first-order valence-corrected chi connectivity index (χ1v) is 3.42. The predicted octanol–water partition coefficient (Wildman–Crippen LogP) is -0.102. The molecule has 58 valence electrons. The molecule has 0 spiro atoms. The van der Waals surface area contributed by atoms with Crippen molar-refractivity contribution in [3.05, 3.63) is 12.7 Å². The number of carbonyl (C=O) groups excluding carboxylic acids is 1. The number of rotatable bonds is 5. The first-order valence-electron chi connectivity index (χ1n) is 3.42. The summed E-state index contributed by atoms with van der Waals surface area (Å²) < 4.78 is 0. The van der Waals surface area contributed by atoms with E-state index < -0.39 is 0 Å². The lowest BCUT2D eigenvalue weighted by Gasteiger charge is -2.01. The van der Waals surface area contributed by atoms with E-state index in [0.29, 0.717) is 6.54 Å². The van der Waals surface area contributed by atoms with E-state index in [1.165, 1.54) is 6.08 Å². The molecule has 0 aromatic carbocycles. The van der Waals surface area contributed by atoms with Crippen LogP contribution in [0.25, 0.3) is 0 Å². The Morgan fingerprint density at radius 1 is 1.60 bits per heavy atom. The third kappa shape index (κ3) is 5.31. The molecule has 10 heavy (non-hydrogen) atoms. The van der Waals surface area contributed by atoms with Gasteiger partial charge in [0.25, 0.3) is 0 Å². The fourth-order valence-corrected chi connectivity index (χ4v) is 0.523. The highest BCUT2D eigenvalue weighted by molar-refractivity contribution is 5.86. The minimum absolute atomic E-state index is 0.113. The number of hydrogen-bond donors (Lipinski definition) is 2. The Morgan fingerprint density at radius 2 is 2.30 bits per heavy atom. The maximum absolute atomic E-state index is 10.5. The van der Waals surface area contributed by atoms with Gasteiger partial charge in [-0.2, -0.15) is 0 Å². The fourth-order valence-electron chi connectivity index (χ4n) is 0.523. The van der Waals surface area contributed by atoms with Crippen LogP contribution in [0, 0.1) is 0 Å². The van der Waals surface area contributed by atoms with Gasteiger partial charge in [-0.05, 0) is 12.6 Å². The molecule has 0 aromatic heterocycles. The summed E-state index contributed by atoms with van der Waals surface area (Å²) in [6.07, 6.45) is 1.27. The first-order chi connectivity index (χ1) is 4.81. The molecule has 0 aliphatic rings. The van der Waals surface area contributed by atoms with Gasteiger partial charge in [0, 0.05) is 13.1 Å². The van der Waals surface area contributed by atoms with E-state index in [2.05, 4.69) is 17.2 Å². The Morgan fingerprint density at radius 3 is 2.80 bits per heavy atom. The second kappa shape index (κ2) is 6.29. The van der Waals surface area contributed by atoms with E-state index in [-0.39, 0.29) is 5.91 Å². The molecule has 0 saturated heterocycles. The Bertz CT molecular complexity index is 112. The smallest absolute Gasteiger partial charge is 0.243 e. The zero-order chi connectivity index (χ0) is 7.82. The average molecular weight is 142 g/mol. The third-order valence-corrected chi connectivity index (χ3v) is 1.04. The van der Waals surface area contributed by atoms with Crippen molar-refractivity contribution in [2.24, 2.45) is 0 Å².